The third-order valence-corrected chi connectivity index (χ3v) is 6.46. The van der Waals surface area contributed by atoms with Gasteiger partial charge in [0.15, 0.2) is 0 Å². The average Bonchev–Trinajstić information content (AvgIpc) is 2.72. The number of hydrogen-bond acceptors (Lipinski definition) is 4. The maximum atomic E-state index is 13.0. The number of carbonyl (C=O) groups is 1. The van der Waals surface area contributed by atoms with Gasteiger partial charge in [-0.3, -0.25) is 9.52 Å². The first-order valence-corrected chi connectivity index (χ1v) is 11.2. The third kappa shape index (κ3) is 5.43. The van der Waals surface area contributed by atoms with E-state index in [2.05, 4.69) is 16.1 Å². The van der Waals surface area contributed by atoms with Crippen molar-refractivity contribution >= 4 is 38.9 Å². The van der Waals surface area contributed by atoms with E-state index < -0.39 is 15.9 Å². The zero-order valence-corrected chi connectivity index (χ0v) is 18.5. The number of nitriles is 1. The molecule has 0 radical (unpaired) electrons. The summed E-state index contributed by atoms with van der Waals surface area (Å²) in [4.78, 5) is 12.5. The predicted octanol–water partition coefficient (Wildman–Crippen LogP) is 5.08. The Kier molecular flexibility index (Phi) is 6.64. The molecule has 8 heteroatoms. The quantitative estimate of drug-likeness (QED) is 0.543. The van der Waals surface area contributed by atoms with Gasteiger partial charge in [-0.05, 0) is 66.9 Å². The van der Waals surface area contributed by atoms with Gasteiger partial charge in [0.1, 0.15) is 4.90 Å². The Bertz CT molecular complexity index is 1280. The largest absolute Gasteiger partial charge is 0.322 e. The third-order valence-electron chi connectivity index (χ3n) is 4.62. The van der Waals surface area contributed by atoms with Crippen LogP contribution in [-0.4, -0.2) is 14.3 Å². The maximum Gasteiger partial charge on any atom is 0.263 e. The minimum Gasteiger partial charge on any atom is -0.322 e. The molecule has 1 amide bonds. The molecule has 0 fully saturated rings. The van der Waals surface area contributed by atoms with Crippen LogP contribution in [0.3, 0.4) is 0 Å². The lowest BCUT2D eigenvalue weighted by Crippen LogP contribution is -2.17. The number of benzene rings is 3. The highest BCUT2D eigenvalue weighted by Crippen LogP contribution is 2.27. The molecule has 0 spiro atoms. The maximum absolute atomic E-state index is 13.0. The molecule has 0 aromatic heterocycles. The number of sulfonamides is 1. The van der Waals surface area contributed by atoms with Crippen molar-refractivity contribution in [2.24, 2.45) is 0 Å². The van der Waals surface area contributed by atoms with E-state index in [1.165, 1.54) is 18.2 Å². The molecule has 6 nitrogen and oxygen atoms in total. The molecule has 0 saturated heterocycles. The molecule has 0 bridgehead atoms. The Morgan fingerprint density at radius 3 is 2.42 bits per heavy atom. The number of halogens is 1. The summed E-state index contributed by atoms with van der Waals surface area (Å²) in [7, 11) is -4.02. The molecule has 0 aliphatic heterocycles. The first-order valence-electron chi connectivity index (χ1n) is 9.36. The van der Waals surface area contributed by atoms with E-state index in [0.29, 0.717) is 11.4 Å². The van der Waals surface area contributed by atoms with E-state index in [1.54, 1.807) is 37.3 Å². The monoisotopic (exact) mass is 453 g/mol. The van der Waals surface area contributed by atoms with Crippen LogP contribution in [0.15, 0.2) is 65.6 Å². The molecule has 0 aliphatic rings. The number of nitrogens with one attached hydrogen (secondary N) is 2. The molecule has 0 aliphatic carbocycles. The van der Waals surface area contributed by atoms with Crippen LogP contribution < -0.4 is 10.0 Å². The second kappa shape index (κ2) is 9.21. The van der Waals surface area contributed by atoms with Crippen molar-refractivity contribution in [1.29, 1.82) is 5.26 Å². The molecule has 0 unspecified atom stereocenters. The van der Waals surface area contributed by atoms with Gasteiger partial charge < -0.3 is 5.32 Å². The summed E-state index contributed by atoms with van der Waals surface area (Å²) in [5.41, 5.74) is 3.62. The van der Waals surface area contributed by atoms with E-state index in [-0.39, 0.29) is 21.9 Å². The summed E-state index contributed by atoms with van der Waals surface area (Å²) in [6.45, 7) is 3.66. The Balaban J connectivity index is 1.85. The summed E-state index contributed by atoms with van der Waals surface area (Å²) in [6, 6.07) is 18.4. The van der Waals surface area contributed by atoms with Crippen LogP contribution >= 0.6 is 11.6 Å². The van der Waals surface area contributed by atoms with E-state index in [9.17, 15) is 13.2 Å². The van der Waals surface area contributed by atoms with E-state index in [0.717, 1.165) is 16.7 Å². The van der Waals surface area contributed by atoms with Gasteiger partial charge in [-0.2, -0.15) is 5.26 Å². The number of rotatable bonds is 6. The van der Waals surface area contributed by atoms with Gasteiger partial charge in [-0.15, -0.1) is 0 Å². The summed E-state index contributed by atoms with van der Waals surface area (Å²) in [5.74, 6) is -0.479. The second-order valence-corrected chi connectivity index (χ2v) is 9.11. The van der Waals surface area contributed by atoms with Gasteiger partial charge in [0, 0.05) is 11.3 Å². The SMILES string of the molecule is Cc1ccc(C)c(NS(=O)(=O)c2cc(C(=O)Nc3ccc(CC#N)cc3)ccc2Cl)c1. The average molecular weight is 454 g/mol. The Hall–Kier alpha value is -3.34. The molecule has 0 heterocycles. The van der Waals surface area contributed by atoms with Crippen molar-refractivity contribution < 1.29 is 13.2 Å². The Morgan fingerprint density at radius 1 is 1.03 bits per heavy atom. The first-order chi connectivity index (χ1) is 14.7. The number of anilines is 2. The highest BCUT2D eigenvalue weighted by molar-refractivity contribution is 7.92. The summed E-state index contributed by atoms with van der Waals surface area (Å²) >= 11 is 6.15. The lowest BCUT2D eigenvalue weighted by atomic mass is 10.1. The van der Waals surface area contributed by atoms with Crippen LogP contribution in [0.5, 0.6) is 0 Å². The van der Waals surface area contributed by atoms with E-state index in [1.807, 2.05) is 19.1 Å². The number of amides is 1. The van der Waals surface area contributed by atoms with Crippen molar-refractivity contribution in [2.45, 2.75) is 25.2 Å². The number of hydrogen-bond donors (Lipinski definition) is 2. The fourth-order valence-electron chi connectivity index (χ4n) is 2.90. The first kappa shape index (κ1) is 22.3. The minimum absolute atomic E-state index is 0.00946. The Labute approximate surface area is 186 Å². The zero-order chi connectivity index (χ0) is 22.6. The molecule has 3 rings (SSSR count). The fourth-order valence-corrected chi connectivity index (χ4v) is 4.55. The number of nitrogens with zero attached hydrogens (tertiary/aromatic N) is 1. The Morgan fingerprint density at radius 2 is 1.74 bits per heavy atom. The van der Waals surface area contributed by atoms with Crippen LogP contribution in [0, 0.1) is 25.2 Å². The van der Waals surface area contributed by atoms with Crippen LogP contribution in [0.4, 0.5) is 11.4 Å². The molecule has 158 valence electrons. The van der Waals surface area contributed by atoms with Crippen LogP contribution in [0.1, 0.15) is 27.0 Å². The number of carbonyl (C=O) groups excluding carboxylic acids is 1. The molecule has 31 heavy (non-hydrogen) atoms. The predicted molar refractivity (Wildman–Crippen MR) is 122 cm³/mol. The van der Waals surface area contributed by atoms with Gasteiger partial charge in [-0.1, -0.05) is 35.9 Å². The molecule has 3 aromatic carbocycles. The van der Waals surface area contributed by atoms with Crippen molar-refractivity contribution in [3.63, 3.8) is 0 Å². The highest BCUT2D eigenvalue weighted by Gasteiger charge is 2.21. The van der Waals surface area contributed by atoms with Gasteiger partial charge in [-0.25, -0.2) is 8.42 Å². The lowest BCUT2D eigenvalue weighted by molar-refractivity contribution is 0.102. The molecule has 0 saturated carbocycles. The number of aryl methyl sites for hydroxylation is 2. The second-order valence-electron chi connectivity index (χ2n) is 7.06. The van der Waals surface area contributed by atoms with Gasteiger partial charge >= 0.3 is 0 Å². The lowest BCUT2D eigenvalue weighted by Gasteiger charge is -2.13. The molecule has 3 aromatic rings. The van der Waals surface area contributed by atoms with Crippen LogP contribution in [0.2, 0.25) is 5.02 Å². The highest BCUT2D eigenvalue weighted by atomic mass is 35.5. The zero-order valence-electron chi connectivity index (χ0n) is 16.9. The molecule has 0 atom stereocenters. The molecule has 2 N–H and O–H groups in total. The van der Waals surface area contributed by atoms with Crippen molar-refractivity contribution in [3.05, 3.63) is 87.9 Å². The van der Waals surface area contributed by atoms with Crippen LogP contribution in [0.25, 0.3) is 0 Å². The normalized spacial score (nSPS) is 10.9. The van der Waals surface area contributed by atoms with Gasteiger partial charge in [0.25, 0.3) is 15.9 Å². The standard InChI is InChI=1S/C23H20ClN3O3S/c1-15-3-4-16(2)21(13-15)27-31(29,30)22-14-18(7-10-20(22)24)23(28)26-19-8-5-17(6-9-19)11-12-25/h3-10,13-14,27H,11H2,1-2H3,(H,26,28). The van der Waals surface area contributed by atoms with Gasteiger partial charge in [0.2, 0.25) is 0 Å². The van der Waals surface area contributed by atoms with E-state index >= 15 is 0 Å². The molecular weight excluding hydrogens is 434 g/mol. The van der Waals surface area contributed by atoms with Crippen molar-refractivity contribution in [1.82, 2.24) is 0 Å². The smallest absolute Gasteiger partial charge is 0.263 e. The summed E-state index contributed by atoms with van der Waals surface area (Å²) in [5, 5.41) is 11.5. The summed E-state index contributed by atoms with van der Waals surface area (Å²) in [6.07, 6.45) is 0.278. The topological polar surface area (TPSA) is 99.1 Å². The van der Waals surface area contributed by atoms with Gasteiger partial charge in [0.05, 0.1) is 23.2 Å². The molecular formula is C23H20ClN3O3S. The fraction of sp³-hybridized carbons (Fsp3) is 0.130. The van der Waals surface area contributed by atoms with E-state index in [4.69, 9.17) is 16.9 Å². The van der Waals surface area contributed by atoms with Crippen molar-refractivity contribution in [2.75, 3.05) is 10.0 Å². The summed E-state index contributed by atoms with van der Waals surface area (Å²) < 4.78 is 28.5. The minimum atomic E-state index is -4.02. The van der Waals surface area contributed by atoms with Crippen molar-refractivity contribution in [3.8, 4) is 6.07 Å². The van der Waals surface area contributed by atoms with Crippen LogP contribution in [-0.2, 0) is 16.4 Å².